The van der Waals surface area contributed by atoms with Gasteiger partial charge in [0.15, 0.2) is 6.10 Å². The third-order valence-electron chi connectivity index (χ3n) is 4.21. The van der Waals surface area contributed by atoms with Crippen LogP contribution in [0.1, 0.15) is 22.8 Å². The molecular weight excluding hydrogens is 371 g/mol. The van der Waals surface area contributed by atoms with Gasteiger partial charge < -0.3 is 15.4 Å². The summed E-state index contributed by atoms with van der Waals surface area (Å²) in [5.74, 6) is -0.463. The normalized spacial score (nSPS) is 11.4. The molecule has 1 atom stereocenters. The number of benzene rings is 3. The summed E-state index contributed by atoms with van der Waals surface area (Å²) in [5.41, 5.74) is 2.00. The van der Waals surface area contributed by atoms with Crippen molar-refractivity contribution in [2.24, 2.45) is 0 Å². The second kappa shape index (κ2) is 9.50. The summed E-state index contributed by atoms with van der Waals surface area (Å²) in [6, 6.07) is 21.7. The molecule has 0 aliphatic carbocycles. The maximum Gasteiger partial charge on any atom is 0.265 e. The Labute approximate surface area is 168 Å². The number of halogens is 1. The molecule has 0 fully saturated rings. The quantitative estimate of drug-likeness (QED) is 0.634. The van der Waals surface area contributed by atoms with E-state index in [2.05, 4.69) is 10.6 Å². The van der Waals surface area contributed by atoms with Crippen LogP contribution in [0.5, 0.6) is 5.75 Å². The third kappa shape index (κ3) is 5.90. The molecular formula is C23H21FN2O3. The van der Waals surface area contributed by atoms with E-state index in [1.165, 1.54) is 24.3 Å². The van der Waals surface area contributed by atoms with E-state index in [9.17, 15) is 14.0 Å². The number of carbonyl (C=O) groups is 2. The Morgan fingerprint density at radius 3 is 2.24 bits per heavy atom. The monoisotopic (exact) mass is 392 g/mol. The van der Waals surface area contributed by atoms with Gasteiger partial charge in [0.25, 0.3) is 11.8 Å². The molecule has 5 nitrogen and oxygen atoms in total. The Balaban J connectivity index is 1.51. The van der Waals surface area contributed by atoms with Gasteiger partial charge in [0.1, 0.15) is 11.6 Å². The number of nitrogens with one attached hydrogen (secondary N) is 2. The standard InChI is InChI=1S/C23H21FN2O3/c1-16(22(27)26-20-11-9-19(24)10-12-20)29-21-13-7-18(8-14-21)23(28)25-15-17-5-3-2-4-6-17/h2-14,16H,15H2,1H3,(H,25,28)(H,26,27)/t16-/m1/s1. The summed E-state index contributed by atoms with van der Waals surface area (Å²) in [6.07, 6.45) is -0.766. The molecule has 2 N–H and O–H groups in total. The first-order valence-corrected chi connectivity index (χ1v) is 9.16. The molecule has 0 spiro atoms. The Bertz CT molecular complexity index is 958. The molecule has 0 heterocycles. The van der Waals surface area contributed by atoms with Crippen LogP contribution < -0.4 is 15.4 Å². The van der Waals surface area contributed by atoms with Gasteiger partial charge in [0, 0.05) is 17.8 Å². The van der Waals surface area contributed by atoms with E-state index in [-0.39, 0.29) is 17.6 Å². The molecule has 148 valence electrons. The number of amides is 2. The SMILES string of the molecule is C[C@@H](Oc1ccc(C(=O)NCc2ccccc2)cc1)C(=O)Nc1ccc(F)cc1. The van der Waals surface area contributed by atoms with Gasteiger partial charge in [0.2, 0.25) is 0 Å². The van der Waals surface area contributed by atoms with Gasteiger partial charge in [0.05, 0.1) is 0 Å². The summed E-state index contributed by atoms with van der Waals surface area (Å²) in [7, 11) is 0. The van der Waals surface area contributed by atoms with E-state index >= 15 is 0 Å². The molecule has 0 saturated carbocycles. The van der Waals surface area contributed by atoms with E-state index < -0.39 is 6.10 Å². The van der Waals surface area contributed by atoms with Gasteiger partial charge in [-0.05, 0) is 61.0 Å². The number of carbonyl (C=O) groups excluding carboxylic acids is 2. The van der Waals surface area contributed by atoms with Crippen molar-refractivity contribution >= 4 is 17.5 Å². The Morgan fingerprint density at radius 1 is 0.931 bits per heavy atom. The van der Waals surface area contributed by atoms with Crippen molar-refractivity contribution in [3.8, 4) is 5.75 Å². The summed E-state index contributed by atoms with van der Waals surface area (Å²) >= 11 is 0. The highest BCUT2D eigenvalue weighted by Crippen LogP contribution is 2.15. The fourth-order valence-corrected chi connectivity index (χ4v) is 2.60. The fraction of sp³-hybridized carbons (Fsp3) is 0.130. The lowest BCUT2D eigenvalue weighted by Crippen LogP contribution is -2.30. The maximum absolute atomic E-state index is 12.9. The first-order chi connectivity index (χ1) is 14.0. The molecule has 0 saturated heterocycles. The molecule has 0 aliphatic heterocycles. The van der Waals surface area contributed by atoms with Gasteiger partial charge in [-0.15, -0.1) is 0 Å². The highest BCUT2D eigenvalue weighted by atomic mass is 19.1. The number of hydrogen-bond donors (Lipinski definition) is 2. The molecule has 0 aromatic heterocycles. The first kappa shape index (κ1) is 20.1. The zero-order chi connectivity index (χ0) is 20.6. The topological polar surface area (TPSA) is 67.4 Å². The van der Waals surface area contributed by atoms with Crippen molar-refractivity contribution in [2.75, 3.05) is 5.32 Å². The molecule has 6 heteroatoms. The average molecular weight is 392 g/mol. The number of ether oxygens (including phenoxy) is 1. The van der Waals surface area contributed by atoms with Crippen molar-refractivity contribution in [1.82, 2.24) is 5.32 Å². The smallest absolute Gasteiger partial charge is 0.265 e. The summed E-state index contributed by atoms with van der Waals surface area (Å²) < 4.78 is 18.5. The molecule has 29 heavy (non-hydrogen) atoms. The Morgan fingerprint density at radius 2 is 1.59 bits per heavy atom. The predicted molar refractivity (Wildman–Crippen MR) is 109 cm³/mol. The van der Waals surface area contributed by atoms with E-state index in [0.717, 1.165) is 5.56 Å². The Kier molecular flexibility index (Phi) is 6.58. The van der Waals surface area contributed by atoms with Gasteiger partial charge in [-0.1, -0.05) is 30.3 Å². The van der Waals surface area contributed by atoms with Crippen LogP contribution in [0.2, 0.25) is 0 Å². The van der Waals surface area contributed by atoms with Crippen LogP contribution in [-0.2, 0) is 11.3 Å². The average Bonchev–Trinajstić information content (AvgIpc) is 2.75. The molecule has 3 aromatic rings. The van der Waals surface area contributed by atoms with Gasteiger partial charge in [-0.3, -0.25) is 9.59 Å². The van der Waals surface area contributed by atoms with Crippen molar-refractivity contribution < 1.29 is 18.7 Å². The molecule has 0 bridgehead atoms. The third-order valence-corrected chi connectivity index (χ3v) is 4.21. The minimum Gasteiger partial charge on any atom is -0.481 e. The van der Waals surface area contributed by atoms with Gasteiger partial charge >= 0.3 is 0 Å². The van der Waals surface area contributed by atoms with Crippen LogP contribution in [0.15, 0.2) is 78.9 Å². The van der Waals surface area contributed by atoms with E-state index in [1.807, 2.05) is 30.3 Å². The highest BCUT2D eigenvalue weighted by molar-refractivity contribution is 5.95. The summed E-state index contributed by atoms with van der Waals surface area (Å²) in [6.45, 7) is 2.05. The van der Waals surface area contributed by atoms with Crippen molar-refractivity contribution in [3.63, 3.8) is 0 Å². The fourth-order valence-electron chi connectivity index (χ4n) is 2.60. The van der Waals surface area contributed by atoms with Gasteiger partial charge in [-0.25, -0.2) is 4.39 Å². The minimum absolute atomic E-state index is 0.192. The highest BCUT2D eigenvalue weighted by Gasteiger charge is 2.15. The number of anilines is 1. The molecule has 0 aliphatic rings. The molecule has 3 rings (SSSR count). The van der Waals surface area contributed by atoms with Crippen LogP contribution in [-0.4, -0.2) is 17.9 Å². The first-order valence-electron chi connectivity index (χ1n) is 9.16. The Hall–Kier alpha value is -3.67. The minimum atomic E-state index is -0.766. The molecule has 3 aromatic carbocycles. The van der Waals surface area contributed by atoms with Crippen LogP contribution in [0.4, 0.5) is 10.1 Å². The van der Waals surface area contributed by atoms with Gasteiger partial charge in [-0.2, -0.15) is 0 Å². The number of hydrogen-bond acceptors (Lipinski definition) is 3. The number of rotatable bonds is 7. The van der Waals surface area contributed by atoms with Crippen LogP contribution >= 0.6 is 0 Å². The van der Waals surface area contributed by atoms with E-state index in [1.54, 1.807) is 31.2 Å². The van der Waals surface area contributed by atoms with Crippen LogP contribution in [0.25, 0.3) is 0 Å². The van der Waals surface area contributed by atoms with E-state index in [4.69, 9.17) is 4.74 Å². The maximum atomic E-state index is 12.9. The van der Waals surface area contributed by atoms with Crippen LogP contribution in [0.3, 0.4) is 0 Å². The predicted octanol–water partition coefficient (Wildman–Crippen LogP) is 4.16. The molecule has 0 unspecified atom stereocenters. The second-order valence-corrected chi connectivity index (χ2v) is 6.45. The van der Waals surface area contributed by atoms with Crippen molar-refractivity contribution in [3.05, 3.63) is 95.8 Å². The van der Waals surface area contributed by atoms with Crippen molar-refractivity contribution in [1.29, 1.82) is 0 Å². The second-order valence-electron chi connectivity index (χ2n) is 6.45. The largest absolute Gasteiger partial charge is 0.481 e. The lowest BCUT2D eigenvalue weighted by Gasteiger charge is -2.15. The lowest BCUT2D eigenvalue weighted by molar-refractivity contribution is -0.122. The zero-order valence-corrected chi connectivity index (χ0v) is 15.9. The van der Waals surface area contributed by atoms with Crippen molar-refractivity contribution in [2.45, 2.75) is 19.6 Å². The molecule has 0 radical (unpaired) electrons. The summed E-state index contributed by atoms with van der Waals surface area (Å²) in [5, 5.41) is 5.51. The van der Waals surface area contributed by atoms with E-state index in [0.29, 0.717) is 23.5 Å². The molecule has 2 amide bonds. The summed E-state index contributed by atoms with van der Waals surface area (Å²) in [4.78, 5) is 24.4. The lowest BCUT2D eigenvalue weighted by atomic mass is 10.2. The zero-order valence-electron chi connectivity index (χ0n) is 15.9. The van der Waals surface area contributed by atoms with Crippen LogP contribution in [0, 0.1) is 5.82 Å².